The second-order valence-electron chi connectivity index (χ2n) is 8.35. The van der Waals surface area contributed by atoms with Crippen LogP contribution in [0.25, 0.3) is 0 Å². The van der Waals surface area contributed by atoms with E-state index in [0.29, 0.717) is 19.1 Å². The van der Waals surface area contributed by atoms with Crippen LogP contribution in [0.3, 0.4) is 0 Å². The van der Waals surface area contributed by atoms with Gasteiger partial charge in [-0.05, 0) is 58.5 Å². The van der Waals surface area contributed by atoms with Crippen LogP contribution in [0.1, 0.15) is 51.0 Å². The number of rotatable bonds is 6. The van der Waals surface area contributed by atoms with Crippen LogP contribution in [0.5, 0.6) is 0 Å². The summed E-state index contributed by atoms with van der Waals surface area (Å²) in [6.07, 6.45) is 9.77. The lowest BCUT2D eigenvalue weighted by atomic mass is 9.54. The Balaban J connectivity index is 1.97. The van der Waals surface area contributed by atoms with Crippen molar-refractivity contribution in [3.05, 3.63) is 59.6 Å². The molecule has 1 saturated carbocycles. The first-order chi connectivity index (χ1) is 13.1. The maximum atomic E-state index is 6.35. The normalized spacial score (nSPS) is 34.7. The molecular weight excluding hydrogens is 334 g/mol. The number of nitrogens with zero attached hydrogens (tertiary/aromatic N) is 1. The molecule has 0 heterocycles. The lowest BCUT2D eigenvalue weighted by molar-refractivity contribution is -0.0275. The fourth-order valence-electron chi connectivity index (χ4n) is 6.09. The number of likely N-dealkylation sites (N-methyl/N-ethyl adjacent to an activating group) is 1. The highest BCUT2D eigenvalue weighted by molar-refractivity contribution is 5.49. The Hall–Kier alpha value is -1.74. The molecule has 0 N–H and O–H groups in total. The highest BCUT2D eigenvalue weighted by Gasteiger charge is 2.67. The highest BCUT2D eigenvalue weighted by atomic mass is 16.5. The zero-order valence-corrected chi connectivity index (χ0v) is 17.2. The molecule has 27 heavy (non-hydrogen) atoms. The van der Waals surface area contributed by atoms with Gasteiger partial charge in [-0.25, -0.2) is 0 Å². The Morgan fingerprint density at radius 3 is 2.37 bits per heavy atom. The van der Waals surface area contributed by atoms with Crippen molar-refractivity contribution in [2.75, 3.05) is 27.3 Å². The lowest BCUT2D eigenvalue weighted by Gasteiger charge is -2.55. The molecule has 1 aromatic carbocycles. The standard InChI is InChI=1S/C24H33NO2/c1-5-26-21-16-19(18-12-8-7-9-13-18)24(25(3)4)17-22(27-6-2)23(21)15-11-10-14-20(23)24/h7-9,12-13,16-17,19-20H,5-6,10-11,14-15H2,1-4H3/t19-,20-,23+,24-/m0/s1. The van der Waals surface area contributed by atoms with Crippen LogP contribution in [0.4, 0.5) is 0 Å². The number of hydrogen-bond acceptors (Lipinski definition) is 3. The van der Waals surface area contributed by atoms with E-state index in [1.54, 1.807) is 0 Å². The highest BCUT2D eigenvalue weighted by Crippen LogP contribution is 2.68. The Morgan fingerprint density at radius 1 is 1.00 bits per heavy atom. The molecule has 1 fully saturated rings. The summed E-state index contributed by atoms with van der Waals surface area (Å²) < 4.78 is 12.7. The van der Waals surface area contributed by atoms with E-state index in [1.807, 2.05) is 0 Å². The molecule has 0 unspecified atom stereocenters. The van der Waals surface area contributed by atoms with Gasteiger partial charge >= 0.3 is 0 Å². The van der Waals surface area contributed by atoms with Crippen molar-refractivity contribution in [3.8, 4) is 0 Å². The van der Waals surface area contributed by atoms with Crippen LogP contribution < -0.4 is 0 Å². The summed E-state index contributed by atoms with van der Waals surface area (Å²) in [5.74, 6) is 3.07. The maximum Gasteiger partial charge on any atom is 0.108 e. The molecule has 0 aromatic heterocycles. The van der Waals surface area contributed by atoms with Crippen molar-refractivity contribution >= 4 is 0 Å². The molecule has 146 valence electrons. The number of benzene rings is 1. The SMILES string of the molecule is CCOC1=C[C@@H](c2ccccc2)[C@@]2(N(C)C)C=C(OCC)[C@@]13CCCC[C@@H]32. The average Bonchev–Trinajstić information content (AvgIpc) is 2.93. The van der Waals surface area contributed by atoms with Crippen molar-refractivity contribution in [2.45, 2.75) is 51.0 Å². The first-order valence-electron chi connectivity index (χ1n) is 10.5. The van der Waals surface area contributed by atoms with Crippen LogP contribution in [-0.2, 0) is 9.47 Å². The average molecular weight is 368 g/mol. The van der Waals surface area contributed by atoms with Crippen molar-refractivity contribution in [3.63, 3.8) is 0 Å². The Morgan fingerprint density at radius 2 is 1.70 bits per heavy atom. The van der Waals surface area contributed by atoms with E-state index >= 15 is 0 Å². The van der Waals surface area contributed by atoms with Crippen molar-refractivity contribution in [2.24, 2.45) is 11.3 Å². The molecule has 2 bridgehead atoms. The third kappa shape index (κ3) is 2.51. The molecule has 0 aliphatic heterocycles. The predicted octanol–water partition coefficient (Wildman–Crippen LogP) is 5.12. The summed E-state index contributed by atoms with van der Waals surface area (Å²) in [7, 11) is 4.47. The molecule has 3 heteroatoms. The third-order valence-electron chi connectivity index (χ3n) is 7.06. The van der Waals surface area contributed by atoms with Gasteiger partial charge in [0.25, 0.3) is 0 Å². The third-order valence-corrected chi connectivity index (χ3v) is 7.06. The minimum atomic E-state index is -0.0835. The van der Waals surface area contributed by atoms with E-state index in [9.17, 15) is 0 Å². The van der Waals surface area contributed by atoms with Gasteiger partial charge in [0.05, 0.1) is 24.2 Å². The Bertz CT molecular complexity index is 738. The van der Waals surface area contributed by atoms with E-state index in [-0.39, 0.29) is 16.9 Å². The fourth-order valence-corrected chi connectivity index (χ4v) is 6.09. The monoisotopic (exact) mass is 367 g/mol. The summed E-state index contributed by atoms with van der Waals surface area (Å²) in [4.78, 5) is 2.45. The number of hydrogen-bond donors (Lipinski definition) is 0. The zero-order chi connectivity index (χ0) is 19.1. The van der Waals surface area contributed by atoms with E-state index in [2.05, 4.69) is 75.3 Å². The van der Waals surface area contributed by atoms with Crippen LogP contribution in [0.2, 0.25) is 0 Å². The molecule has 3 aliphatic carbocycles. The lowest BCUT2D eigenvalue weighted by Crippen LogP contribution is -2.58. The van der Waals surface area contributed by atoms with Gasteiger partial charge in [-0.15, -0.1) is 0 Å². The fraction of sp³-hybridized carbons (Fsp3) is 0.583. The van der Waals surface area contributed by atoms with Gasteiger partial charge in [-0.3, -0.25) is 4.90 Å². The van der Waals surface area contributed by atoms with Crippen LogP contribution >= 0.6 is 0 Å². The first-order valence-corrected chi connectivity index (χ1v) is 10.5. The van der Waals surface area contributed by atoms with Gasteiger partial charge in [0.15, 0.2) is 0 Å². The summed E-state index contributed by atoms with van der Waals surface area (Å²) in [6.45, 7) is 5.60. The van der Waals surface area contributed by atoms with E-state index in [1.165, 1.54) is 24.8 Å². The summed E-state index contributed by atoms with van der Waals surface area (Å²) in [5, 5.41) is 0. The summed E-state index contributed by atoms with van der Waals surface area (Å²) >= 11 is 0. The molecule has 0 amide bonds. The van der Waals surface area contributed by atoms with Crippen LogP contribution in [0.15, 0.2) is 54.0 Å². The minimum absolute atomic E-state index is 0.0626. The summed E-state index contributed by atoms with van der Waals surface area (Å²) in [5.41, 5.74) is 1.21. The quantitative estimate of drug-likeness (QED) is 0.697. The second-order valence-corrected chi connectivity index (χ2v) is 8.35. The van der Waals surface area contributed by atoms with E-state index < -0.39 is 0 Å². The Labute approximate surface area is 164 Å². The molecule has 0 radical (unpaired) electrons. The molecule has 1 aromatic rings. The predicted molar refractivity (Wildman–Crippen MR) is 109 cm³/mol. The molecule has 3 nitrogen and oxygen atoms in total. The van der Waals surface area contributed by atoms with E-state index in [0.717, 1.165) is 17.9 Å². The molecule has 4 atom stereocenters. The van der Waals surface area contributed by atoms with Gasteiger partial charge in [0, 0.05) is 11.8 Å². The zero-order valence-electron chi connectivity index (χ0n) is 17.2. The topological polar surface area (TPSA) is 21.7 Å². The summed E-state index contributed by atoms with van der Waals surface area (Å²) in [6, 6.07) is 10.9. The van der Waals surface area contributed by atoms with Gasteiger partial charge in [0.2, 0.25) is 0 Å². The largest absolute Gasteiger partial charge is 0.497 e. The van der Waals surface area contributed by atoms with Gasteiger partial charge in [0.1, 0.15) is 11.5 Å². The minimum Gasteiger partial charge on any atom is -0.497 e. The molecule has 0 saturated heterocycles. The van der Waals surface area contributed by atoms with E-state index in [4.69, 9.17) is 9.47 Å². The van der Waals surface area contributed by atoms with Gasteiger partial charge in [-0.1, -0.05) is 43.2 Å². The van der Waals surface area contributed by atoms with Crippen molar-refractivity contribution < 1.29 is 9.47 Å². The molecule has 4 rings (SSSR count). The molecular formula is C24H33NO2. The van der Waals surface area contributed by atoms with Crippen molar-refractivity contribution in [1.82, 2.24) is 4.90 Å². The molecule has 3 aliphatic rings. The van der Waals surface area contributed by atoms with Crippen LogP contribution in [-0.4, -0.2) is 37.7 Å². The van der Waals surface area contributed by atoms with Crippen molar-refractivity contribution in [1.29, 1.82) is 0 Å². The van der Waals surface area contributed by atoms with Gasteiger partial charge in [-0.2, -0.15) is 0 Å². The maximum absolute atomic E-state index is 6.35. The van der Waals surface area contributed by atoms with Crippen LogP contribution in [0, 0.1) is 11.3 Å². The Kier molecular flexibility index (Phi) is 4.84. The second kappa shape index (κ2) is 7.01. The smallest absolute Gasteiger partial charge is 0.108 e. The first kappa shape index (κ1) is 18.6. The number of ether oxygens (including phenoxy) is 2. The molecule has 0 spiro atoms. The van der Waals surface area contributed by atoms with Gasteiger partial charge < -0.3 is 9.47 Å².